The lowest BCUT2D eigenvalue weighted by atomic mass is 9.95. The third-order valence-electron chi connectivity index (χ3n) is 5.64. The molecule has 0 aliphatic rings. The molecule has 2 aromatic carbocycles. The number of para-hydroxylation sites is 1. The van der Waals surface area contributed by atoms with E-state index in [0.717, 1.165) is 16.7 Å². The van der Waals surface area contributed by atoms with Gasteiger partial charge >= 0.3 is 6.09 Å². The first-order valence-electron chi connectivity index (χ1n) is 12.1. The SMILES string of the molecule is Cc1ccc(C)c(C(C(=O)Nc2c(C)cccc2Cl)N(C(=O)C(C)NC(=O)OC(C)(C)C)C(C)C)c1. The Morgan fingerprint density at radius 2 is 1.61 bits per heavy atom. The highest BCUT2D eigenvalue weighted by atomic mass is 35.5. The summed E-state index contributed by atoms with van der Waals surface area (Å²) in [6.45, 7) is 16.2. The maximum Gasteiger partial charge on any atom is 0.408 e. The molecule has 196 valence electrons. The Morgan fingerprint density at radius 1 is 0.972 bits per heavy atom. The minimum Gasteiger partial charge on any atom is -0.444 e. The number of benzene rings is 2. The van der Waals surface area contributed by atoms with Gasteiger partial charge in [-0.2, -0.15) is 0 Å². The van der Waals surface area contributed by atoms with Gasteiger partial charge in [0, 0.05) is 6.04 Å². The van der Waals surface area contributed by atoms with Gasteiger partial charge in [0.2, 0.25) is 5.91 Å². The van der Waals surface area contributed by atoms with Crippen LogP contribution < -0.4 is 10.6 Å². The van der Waals surface area contributed by atoms with Crippen molar-refractivity contribution in [3.05, 3.63) is 63.7 Å². The van der Waals surface area contributed by atoms with E-state index in [9.17, 15) is 14.4 Å². The van der Waals surface area contributed by atoms with E-state index in [0.29, 0.717) is 16.3 Å². The van der Waals surface area contributed by atoms with Gasteiger partial charge in [0.1, 0.15) is 17.7 Å². The van der Waals surface area contributed by atoms with E-state index < -0.39 is 35.6 Å². The Hall–Kier alpha value is -3.06. The highest BCUT2D eigenvalue weighted by Gasteiger charge is 2.37. The minimum atomic E-state index is -0.962. The van der Waals surface area contributed by atoms with Crippen molar-refractivity contribution in [1.82, 2.24) is 10.2 Å². The van der Waals surface area contributed by atoms with E-state index in [2.05, 4.69) is 10.6 Å². The summed E-state index contributed by atoms with van der Waals surface area (Å²) < 4.78 is 5.32. The van der Waals surface area contributed by atoms with Crippen LogP contribution >= 0.6 is 11.6 Å². The van der Waals surface area contributed by atoms with Crippen LogP contribution in [0.25, 0.3) is 0 Å². The summed E-state index contributed by atoms with van der Waals surface area (Å²) in [6, 6.07) is 8.92. The number of carbonyl (C=O) groups is 3. The Kier molecular flexibility index (Phi) is 9.55. The molecule has 0 heterocycles. The number of ether oxygens (including phenoxy) is 1. The number of aryl methyl sites for hydroxylation is 3. The number of alkyl carbamates (subject to hydrolysis) is 1. The molecule has 36 heavy (non-hydrogen) atoms. The Labute approximate surface area is 219 Å². The number of anilines is 1. The molecular formula is C28H38ClN3O4. The van der Waals surface area contributed by atoms with Crippen LogP contribution in [0.15, 0.2) is 36.4 Å². The normalized spacial score (nSPS) is 13.1. The molecule has 0 saturated heterocycles. The van der Waals surface area contributed by atoms with Gasteiger partial charge in [0.25, 0.3) is 5.91 Å². The summed E-state index contributed by atoms with van der Waals surface area (Å²) in [5.41, 5.74) is 3.11. The fourth-order valence-electron chi connectivity index (χ4n) is 3.90. The molecule has 0 aromatic heterocycles. The topological polar surface area (TPSA) is 87.7 Å². The van der Waals surface area contributed by atoms with Gasteiger partial charge in [-0.1, -0.05) is 47.5 Å². The second-order valence-electron chi connectivity index (χ2n) is 10.4. The first kappa shape index (κ1) is 29.2. The number of halogens is 1. The molecule has 0 saturated carbocycles. The third-order valence-corrected chi connectivity index (χ3v) is 5.96. The lowest BCUT2D eigenvalue weighted by Crippen LogP contribution is -2.53. The van der Waals surface area contributed by atoms with E-state index in [1.807, 2.05) is 65.0 Å². The monoisotopic (exact) mass is 515 g/mol. The van der Waals surface area contributed by atoms with Crippen LogP contribution in [0, 0.1) is 20.8 Å². The summed E-state index contributed by atoms with van der Waals surface area (Å²) in [4.78, 5) is 41.5. The molecule has 0 radical (unpaired) electrons. The van der Waals surface area contributed by atoms with Crippen molar-refractivity contribution in [1.29, 1.82) is 0 Å². The smallest absolute Gasteiger partial charge is 0.408 e. The van der Waals surface area contributed by atoms with Crippen molar-refractivity contribution in [2.75, 3.05) is 5.32 Å². The average molecular weight is 516 g/mol. The number of rotatable bonds is 7. The lowest BCUT2D eigenvalue weighted by molar-refractivity contribution is -0.142. The van der Waals surface area contributed by atoms with Crippen LogP contribution in [0.5, 0.6) is 0 Å². The molecule has 2 N–H and O–H groups in total. The van der Waals surface area contributed by atoms with Crippen LogP contribution in [0.4, 0.5) is 10.5 Å². The lowest BCUT2D eigenvalue weighted by Gasteiger charge is -2.37. The maximum atomic E-state index is 13.9. The number of hydrogen-bond donors (Lipinski definition) is 2. The predicted molar refractivity (Wildman–Crippen MR) is 144 cm³/mol. The molecule has 8 heteroatoms. The molecule has 2 rings (SSSR count). The molecule has 7 nitrogen and oxygen atoms in total. The second kappa shape index (κ2) is 11.8. The first-order chi connectivity index (χ1) is 16.6. The highest BCUT2D eigenvalue weighted by molar-refractivity contribution is 6.34. The van der Waals surface area contributed by atoms with Gasteiger partial charge in [0.05, 0.1) is 10.7 Å². The molecule has 2 atom stereocenters. The van der Waals surface area contributed by atoms with E-state index >= 15 is 0 Å². The third kappa shape index (κ3) is 7.47. The van der Waals surface area contributed by atoms with Gasteiger partial charge in [-0.3, -0.25) is 9.59 Å². The van der Waals surface area contributed by atoms with Gasteiger partial charge < -0.3 is 20.3 Å². The van der Waals surface area contributed by atoms with Crippen molar-refractivity contribution in [2.45, 2.75) is 86.0 Å². The fourth-order valence-corrected chi connectivity index (χ4v) is 4.17. The van der Waals surface area contributed by atoms with E-state index in [1.165, 1.54) is 4.90 Å². The molecule has 0 spiro atoms. The van der Waals surface area contributed by atoms with Crippen molar-refractivity contribution in [2.24, 2.45) is 0 Å². The average Bonchev–Trinajstić information content (AvgIpc) is 2.74. The summed E-state index contributed by atoms with van der Waals surface area (Å²) in [7, 11) is 0. The number of nitrogens with zero attached hydrogens (tertiary/aromatic N) is 1. The van der Waals surface area contributed by atoms with Gasteiger partial charge in [0.15, 0.2) is 0 Å². The van der Waals surface area contributed by atoms with Crippen molar-refractivity contribution < 1.29 is 19.1 Å². The Morgan fingerprint density at radius 3 is 2.17 bits per heavy atom. The zero-order valence-electron chi connectivity index (χ0n) is 22.7. The van der Waals surface area contributed by atoms with Crippen LogP contribution in [-0.4, -0.2) is 40.5 Å². The summed E-state index contributed by atoms with van der Waals surface area (Å²) in [6.07, 6.45) is -0.702. The molecule has 0 aliphatic heterocycles. The number of carbonyl (C=O) groups excluding carboxylic acids is 3. The number of nitrogens with one attached hydrogen (secondary N) is 2. The number of hydrogen-bond acceptors (Lipinski definition) is 4. The van der Waals surface area contributed by atoms with Gasteiger partial charge in [-0.15, -0.1) is 0 Å². The first-order valence-corrected chi connectivity index (χ1v) is 12.4. The quantitative estimate of drug-likeness (QED) is 0.466. The van der Waals surface area contributed by atoms with Crippen molar-refractivity contribution in [3.8, 4) is 0 Å². The van der Waals surface area contributed by atoms with Crippen LogP contribution in [0.1, 0.15) is 69.8 Å². The highest BCUT2D eigenvalue weighted by Crippen LogP contribution is 2.32. The summed E-state index contributed by atoms with van der Waals surface area (Å²) in [5.74, 6) is -0.806. The van der Waals surface area contributed by atoms with E-state index in [4.69, 9.17) is 16.3 Å². The summed E-state index contributed by atoms with van der Waals surface area (Å²) >= 11 is 6.39. The maximum absolute atomic E-state index is 13.9. The second-order valence-corrected chi connectivity index (χ2v) is 10.8. The zero-order valence-corrected chi connectivity index (χ0v) is 23.4. The minimum absolute atomic E-state index is 0.358. The van der Waals surface area contributed by atoms with Crippen LogP contribution in [-0.2, 0) is 14.3 Å². The zero-order chi connectivity index (χ0) is 27.4. The molecule has 0 fully saturated rings. The molecular weight excluding hydrogens is 478 g/mol. The van der Waals surface area contributed by atoms with Crippen molar-refractivity contribution >= 4 is 35.2 Å². The molecule has 0 aliphatic carbocycles. The predicted octanol–water partition coefficient (Wildman–Crippen LogP) is 6.10. The largest absolute Gasteiger partial charge is 0.444 e. The van der Waals surface area contributed by atoms with Crippen LogP contribution in [0.3, 0.4) is 0 Å². The molecule has 3 amide bonds. The molecule has 2 unspecified atom stereocenters. The van der Waals surface area contributed by atoms with Gasteiger partial charge in [-0.25, -0.2) is 4.79 Å². The standard InChI is InChI=1S/C28H38ClN3O4/c1-16(2)32(26(34)20(6)30-27(35)36-28(7,8)9)24(21-15-17(3)13-14-18(21)4)25(33)31-23-19(5)11-10-12-22(23)29/h10-16,20,24H,1-9H3,(H,30,35)(H,31,33). The molecule has 2 aromatic rings. The Bertz CT molecular complexity index is 1100. The molecule has 0 bridgehead atoms. The Balaban J connectivity index is 2.52. The van der Waals surface area contributed by atoms with Crippen molar-refractivity contribution in [3.63, 3.8) is 0 Å². The van der Waals surface area contributed by atoms with Crippen LogP contribution in [0.2, 0.25) is 5.02 Å². The number of amides is 3. The van der Waals surface area contributed by atoms with E-state index in [1.54, 1.807) is 33.8 Å². The van der Waals surface area contributed by atoms with Gasteiger partial charge in [-0.05, 0) is 85.1 Å². The fraction of sp³-hybridized carbons (Fsp3) is 0.464. The summed E-state index contributed by atoms with van der Waals surface area (Å²) in [5, 5.41) is 5.96. The van der Waals surface area contributed by atoms with E-state index in [-0.39, 0.29) is 6.04 Å².